The van der Waals surface area contributed by atoms with Crippen LogP contribution in [0, 0.1) is 11.8 Å². The highest BCUT2D eigenvalue weighted by atomic mass is 16.5. The van der Waals surface area contributed by atoms with Gasteiger partial charge in [0.15, 0.2) is 5.82 Å². The molecule has 2 heterocycles. The number of amides is 2. The van der Waals surface area contributed by atoms with E-state index in [0.29, 0.717) is 30.8 Å². The lowest BCUT2D eigenvalue weighted by Gasteiger charge is -2.45. The van der Waals surface area contributed by atoms with E-state index >= 15 is 0 Å². The van der Waals surface area contributed by atoms with Gasteiger partial charge in [-0.1, -0.05) is 57.0 Å². The quantitative estimate of drug-likeness (QED) is 0.541. The number of aromatic nitrogens is 2. The Hall–Kier alpha value is -3.35. The van der Waals surface area contributed by atoms with Gasteiger partial charge >= 0.3 is 0 Å². The van der Waals surface area contributed by atoms with Crippen LogP contribution in [0.4, 0.5) is 0 Å². The Morgan fingerprint density at radius 3 is 2.69 bits per heavy atom. The van der Waals surface area contributed by atoms with Crippen LogP contribution in [-0.2, 0) is 17.9 Å². The molecule has 4 unspecified atom stereocenters. The Morgan fingerprint density at radius 2 is 1.89 bits per heavy atom. The van der Waals surface area contributed by atoms with Gasteiger partial charge in [0, 0.05) is 11.6 Å². The first kappa shape index (κ1) is 24.3. The Morgan fingerprint density at radius 1 is 1.14 bits per heavy atom. The minimum absolute atomic E-state index is 0.103. The average molecular weight is 489 g/mol. The Bertz CT molecular complexity index is 1280. The molecule has 1 aliphatic heterocycles. The van der Waals surface area contributed by atoms with Crippen molar-refractivity contribution >= 4 is 22.8 Å². The number of nitrogens with one attached hydrogen (secondary N) is 1. The molecular formula is C29H36N4O3. The van der Waals surface area contributed by atoms with Crippen LogP contribution in [0.2, 0.25) is 0 Å². The van der Waals surface area contributed by atoms with Crippen LogP contribution in [0.15, 0.2) is 48.5 Å². The summed E-state index contributed by atoms with van der Waals surface area (Å²) in [6.45, 7) is 9.44. The predicted molar refractivity (Wildman–Crippen MR) is 140 cm³/mol. The molecule has 0 bridgehead atoms. The maximum absolute atomic E-state index is 14.1. The fourth-order valence-corrected chi connectivity index (χ4v) is 5.79. The second-order valence-electron chi connectivity index (χ2n) is 10.6. The van der Waals surface area contributed by atoms with E-state index in [1.54, 1.807) is 4.90 Å². The van der Waals surface area contributed by atoms with Gasteiger partial charge in [-0.15, -0.1) is 0 Å². The summed E-state index contributed by atoms with van der Waals surface area (Å²) in [5, 5.41) is 3.36. The second kappa shape index (κ2) is 9.60. The average Bonchev–Trinajstić information content (AvgIpc) is 3.24. The van der Waals surface area contributed by atoms with Gasteiger partial charge in [0.2, 0.25) is 5.91 Å². The number of ether oxygens (including phenoxy) is 1. The van der Waals surface area contributed by atoms with E-state index in [9.17, 15) is 9.59 Å². The summed E-state index contributed by atoms with van der Waals surface area (Å²) < 4.78 is 7.76. The first-order chi connectivity index (χ1) is 17.3. The Labute approximate surface area is 212 Å². The van der Waals surface area contributed by atoms with E-state index in [-0.39, 0.29) is 24.4 Å². The predicted octanol–water partition coefficient (Wildman–Crippen LogP) is 4.79. The highest BCUT2D eigenvalue weighted by Crippen LogP contribution is 2.35. The standard InChI is InChI=1S/C29H36N4O3/c1-5-36-25-16-9-6-12-21(25)17-33-27(34)26-30-23-13-7-8-15-24(23)32(26)18-29(33,4)28(35)31-22-14-10-11-19(2)20(22)3/h6-9,12-13,15-16,19-20,22H,5,10-11,14,17-18H2,1-4H3,(H,31,35). The molecule has 1 fully saturated rings. The molecular weight excluding hydrogens is 452 g/mol. The number of para-hydroxylation sites is 3. The molecule has 1 saturated carbocycles. The smallest absolute Gasteiger partial charge is 0.291 e. The fourth-order valence-electron chi connectivity index (χ4n) is 5.79. The molecule has 1 aliphatic carbocycles. The molecule has 3 aromatic rings. The number of imidazole rings is 1. The maximum Gasteiger partial charge on any atom is 0.291 e. The molecule has 0 radical (unpaired) electrons. The zero-order valence-corrected chi connectivity index (χ0v) is 21.7. The largest absolute Gasteiger partial charge is 0.494 e. The number of carbonyl (C=O) groups is 2. The van der Waals surface area contributed by atoms with Crippen LogP contribution in [0.1, 0.15) is 63.1 Å². The third kappa shape index (κ3) is 4.14. The minimum atomic E-state index is -1.09. The van der Waals surface area contributed by atoms with Gasteiger partial charge in [-0.2, -0.15) is 0 Å². The monoisotopic (exact) mass is 488 g/mol. The molecule has 190 valence electrons. The Kier molecular flexibility index (Phi) is 6.49. The van der Waals surface area contributed by atoms with E-state index in [2.05, 4.69) is 24.1 Å². The van der Waals surface area contributed by atoms with Gasteiger partial charge in [0.25, 0.3) is 5.91 Å². The highest BCUT2D eigenvalue weighted by Gasteiger charge is 2.49. The molecule has 2 amide bonds. The van der Waals surface area contributed by atoms with Gasteiger partial charge in [0.05, 0.1) is 30.7 Å². The zero-order chi connectivity index (χ0) is 25.4. The van der Waals surface area contributed by atoms with E-state index in [4.69, 9.17) is 4.74 Å². The van der Waals surface area contributed by atoms with E-state index in [1.807, 2.05) is 66.9 Å². The summed E-state index contributed by atoms with van der Waals surface area (Å²) in [5.74, 6) is 1.69. The molecule has 1 aromatic heterocycles. The number of hydrogen-bond acceptors (Lipinski definition) is 4. The van der Waals surface area contributed by atoms with E-state index in [0.717, 1.165) is 35.2 Å². The molecule has 7 nitrogen and oxygen atoms in total. The molecule has 4 atom stereocenters. The van der Waals surface area contributed by atoms with E-state index < -0.39 is 5.54 Å². The number of rotatable bonds is 6. The molecule has 0 saturated heterocycles. The number of fused-ring (bicyclic) bond motifs is 3. The van der Waals surface area contributed by atoms with Gasteiger partial charge in [-0.25, -0.2) is 4.98 Å². The summed E-state index contributed by atoms with van der Waals surface area (Å²) in [6, 6.07) is 15.5. The summed E-state index contributed by atoms with van der Waals surface area (Å²) in [6.07, 6.45) is 3.26. The van der Waals surface area contributed by atoms with Gasteiger partial charge in [0.1, 0.15) is 11.3 Å². The van der Waals surface area contributed by atoms with Crippen LogP contribution in [0.3, 0.4) is 0 Å². The maximum atomic E-state index is 14.1. The van der Waals surface area contributed by atoms with Crippen LogP contribution >= 0.6 is 0 Å². The van der Waals surface area contributed by atoms with Crippen LogP contribution in [-0.4, -0.2) is 44.5 Å². The first-order valence-electron chi connectivity index (χ1n) is 13.1. The van der Waals surface area contributed by atoms with Crippen molar-refractivity contribution in [3.63, 3.8) is 0 Å². The van der Waals surface area contributed by atoms with Crippen LogP contribution in [0.5, 0.6) is 5.75 Å². The van der Waals surface area contributed by atoms with Crippen molar-refractivity contribution in [1.29, 1.82) is 0 Å². The molecule has 5 rings (SSSR count). The molecule has 1 N–H and O–H groups in total. The first-order valence-corrected chi connectivity index (χ1v) is 13.1. The Balaban J connectivity index is 1.55. The van der Waals surface area contributed by atoms with Gasteiger partial charge in [-0.3, -0.25) is 9.59 Å². The second-order valence-corrected chi connectivity index (χ2v) is 10.6. The molecule has 2 aliphatic rings. The topological polar surface area (TPSA) is 76.5 Å². The normalized spacial score (nSPS) is 26.1. The van der Waals surface area contributed by atoms with Crippen molar-refractivity contribution in [2.45, 2.75) is 71.6 Å². The van der Waals surface area contributed by atoms with Crippen molar-refractivity contribution < 1.29 is 14.3 Å². The minimum Gasteiger partial charge on any atom is -0.494 e. The number of carbonyl (C=O) groups excluding carboxylic acids is 2. The third-order valence-corrected chi connectivity index (χ3v) is 8.27. The lowest BCUT2D eigenvalue weighted by atomic mass is 9.77. The number of benzene rings is 2. The van der Waals surface area contributed by atoms with Gasteiger partial charge < -0.3 is 19.5 Å². The van der Waals surface area contributed by atoms with Crippen LogP contribution < -0.4 is 10.1 Å². The van der Waals surface area contributed by atoms with Crippen molar-refractivity contribution in [3.8, 4) is 5.75 Å². The molecule has 36 heavy (non-hydrogen) atoms. The summed E-state index contributed by atoms with van der Waals surface area (Å²) in [4.78, 5) is 34.5. The number of hydrogen-bond donors (Lipinski definition) is 1. The van der Waals surface area contributed by atoms with Crippen molar-refractivity contribution in [1.82, 2.24) is 19.8 Å². The summed E-state index contributed by atoms with van der Waals surface area (Å²) in [7, 11) is 0. The zero-order valence-electron chi connectivity index (χ0n) is 21.7. The van der Waals surface area contributed by atoms with Crippen molar-refractivity contribution in [2.75, 3.05) is 6.61 Å². The third-order valence-electron chi connectivity index (χ3n) is 8.27. The highest BCUT2D eigenvalue weighted by molar-refractivity contribution is 6.01. The summed E-state index contributed by atoms with van der Waals surface area (Å²) >= 11 is 0. The lowest BCUT2D eigenvalue weighted by molar-refractivity contribution is -0.134. The lowest BCUT2D eigenvalue weighted by Crippen LogP contribution is -2.65. The molecule has 7 heteroatoms. The molecule has 0 spiro atoms. The molecule has 2 aromatic carbocycles. The summed E-state index contributed by atoms with van der Waals surface area (Å²) in [5.41, 5.74) is 1.41. The van der Waals surface area contributed by atoms with E-state index in [1.165, 1.54) is 6.42 Å². The number of nitrogens with zero attached hydrogens (tertiary/aromatic N) is 3. The fraction of sp³-hybridized carbons (Fsp3) is 0.483. The van der Waals surface area contributed by atoms with Crippen molar-refractivity contribution in [2.24, 2.45) is 11.8 Å². The van der Waals surface area contributed by atoms with Crippen molar-refractivity contribution in [3.05, 3.63) is 59.9 Å². The van der Waals surface area contributed by atoms with Crippen LogP contribution in [0.25, 0.3) is 11.0 Å². The van der Waals surface area contributed by atoms with Gasteiger partial charge in [-0.05, 0) is 50.3 Å². The SMILES string of the molecule is CCOc1ccccc1CN1C(=O)c2nc3ccccc3n2CC1(C)C(=O)NC1CCCC(C)C1C.